The van der Waals surface area contributed by atoms with Crippen LogP contribution < -0.4 is 5.32 Å². The van der Waals surface area contributed by atoms with Crippen molar-refractivity contribution in [1.29, 1.82) is 0 Å². The molecule has 2 aromatic carbocycles. The van der Waals surface area contributed by atoms with Gasteiger partial charge in [-0.1, -0.05) is 12.1 Å². The Kier molecular flexibility index (Phi) is 5.26. The Balaban J connectivity index is 2.35. The van der Waals surface area contributed by atoms with Crippen LogP contribution in [0.15, 0.2) is 42.5 Å². The number of ether oxygens (including phenoxy) is 1. The van der Waals surface area contributed by atoms with E-state index in [1.807, 2.05) is 13.0 Å². The van der Waals surface area contributed by atoms with Crippen molar-refractivity contribution < 1.29 is 19.2 Å². The normalized spacial score (nSPS) is 10.1. The standard InChI is InChI=1S/C17H16N2O5/c1-3-24-17(21)13-8-12(9-15(10-13)19(22)23)16(20)18-14-6-4-5-11(2)7-14/h4-10H,3H2,1-2H3,(H,18,20). The fraction of sp³-hybridized carbons (Fsp3) is 0.176. The van der Waals surface area contributed by atoms with Crippen molar-refractivity contribution in [2.75, 3.05) is 11.9 Å². The first-order valence-corrected chi connectivity index (χ1v) is 7.25. The van der Waals surface area contributed by atoms with Gasteiger partial charge in [0.2, 0.25) is 0 Å². The first-order valence-electron chi connectivity index (χ1n) is 7.25. The summed E-state index contributed by atoms with van der Waals surface area (Å²) in [5.74, 6) is -1.26. The van der Waals surface area contributed by atoms with Crippen molar-refractivity contribution >= 4 is 23.3 Å². The van der Waals surface area contributed by atoms with E-state index < -0.39 is 16.8 Å². The third-order valence-electron chi connectivity index (χ3n) is 3.18. The molecule has 7 heteroatoms. The summed E-state index contributed by atoms with van der Waals surface area (Å²) in [5.41, 5.74) is 1.13. The van der Waals surface area contributed by atoms with E-state index >= 15 is 0 Å². The monoisotopic (exact) mass is 328 g/mol. The second-order valence-electron chi connectivity index (χ2n) is 5.07. The number of nitrogens with zero attached hydrogens (tertiary/aromatic N) is 1. The van der Waals surface area contributed by atoms with Gasteiger partial charge in [0.1, 0.15) is 0 Å². The maximum atomic E-state index is 12.3. The van der Waals surface area contributed by atoms with Gasteiger partial charge in [-0.25, -0.2) is 4.79 Å². The Labute approximate surface area is 138 Å². The molecule has 2 rings (SSSR count). The minimum Gasteiger partial charge on any atom is -0.462 e. The number of nitrogens with one attached hydrogen (secondary N) is 1. The molecule has 0 aromatic heterocycles. The van der Waals surface area contributed by atoms with Gasteiger partial charge in [-0.3, -0.25) is 14.9 Å². The molecule has 0 heterocycles. The van der Waals surface area contributed by atoms with E-state index in [2.05, 4.69) is 5.32 Å². The topological polar surface area (TPSA) is 98.5 Å². The summed E-state index contributed by atoms with van der Waals surface area (Å²) in [4.78, 5) is 34.5. The second kappa shape index (κ2) is 7.36. The van der Waals surface area contributed by atoms with Gasteiger partial charge in [0.25, 0.3) is 11.6 Å². The fourth-order valence-electron chi connectivity index (χ4n) is 2.11. The van der Waals surface area contributed by atoms with Gasteiger partial charge in [0, 0.05) is 23.4 Å². The number of esters is 1. The molecular formula is C17H16N2O5. The Morgan fingerprint density at radius 1 is 1.17 bits per heavy atom. The van der Waals surface area contributed by atoms with Gasteiger partial charge < -0.3 is 10.1 Å². The van der Waals surface area contributed by atoms with Crippen molar-refractivity contribution in [2.45, 2.75) is 13.8 Å². The minimum absolute atomic E-state index is 0.00811. The number of hydrogen-bond acceptors (Lipinski definition) is 5. The maximum absolute atomic E-state index is 12.3. The average Bonchev–Trinajstić information content (AvgIpc) is 2.54. The van der Waals surface area contributed by atoms with E-state index in [0.29, 0.717) is 5.69 Å². The number of hydrogen-bond donors (Lipinski definition) is 1. The van der Waals surface area contributed by atoms with Gasteiger partial charge in [-0.15, -0.1) is 0 Å². The number of non-ortho nitro benzene ring substituents is 1. The largest absolute Gasteiger partial charge is 0.462 e. The highest BCUT2D eigenvalue weighted by Gasteiger charge is 2.18. The summed E-state index contributed by atoms with van der Waals surface area (Å²) in [6.45, 7) is 3.63. The molecule has 0 aliphatic rings. The van der Waals surface area contributed by atoms with E-state index in [1.54, 1.807) is 25.1 Å². The minimum atomic E-state index is -0.717. The summed E-state index contributed by atoms with van der Waals surface area (Å²) < 4.78 is 4.84. The van der Waals surface area contributed by atoms with Crippen LogP contribution in [0.1, 0.15) is 33.2 Å². The molecule has 0 saturated heterocycles. The molecule has 2 aromatic rings. The van der Waals surface area contributed by atoms with Crippen LogP contribution >= 0.6 is 0 Å². The molecule has 0 aliphatic heterocycles. The van der Waals surface area contributed by atoms with Gasteiger partial charge >= 0.3 is 5.97 Å². The Bertz CT molecular complexity index is 801. The SMILES string of the molecule is CCOC(=O)c1cc(C(=O)Nc2cccc(C)c2)cc([N+](=O)[O-])c1. The Morgan fingerprint density at radius 3 is 2.50 bits per heavy atom. The van der Waals surface area contributed by atoms with Crippen LogP contribution in [0.25, 0.3) is 0 Å². The molecule has 0 saturated carbocycles. The number of amides is 1. The van der Waals surface area contributed by atoms with Crippen molar-refractivity contribution in [3.8, 4) is 0 Å². The van der Waals surface area contributed by atoms with E-state index in [9.17, 15) is 19.7 Å². The second-order valence-corrected chi connectivity index (χ2v) is 5.07. The summed E-state index contributed by atoms with van der Waals surface area (Å²) >= 11 is 0. The molecule has 0 atom stereocenters. The van der Waals surface area contributed by atoms with Crippen LogP contribution in [0.2, 0.25) is 0 Å². The lowest BCUT2D eigenvalue weighted by atomic mass is 10.1. The predicted octanol–water partition coefficient (Wildman–Crippen LogP) is 3.33. The summed E-state index contributed by atoms with van der Waals surface area (Å²) in [7, 11) is 0. The highest BCUT2D eigenvalue weighted by Crippen LogP contribution is 2.20. The molecular weight excluding hydrogens is 312 g/mol. The molecule has 0 spiro atoms. The molecule has 0 bridgehead atoms. The summed E-state index contributed by atoms with van der Waals surface area (Å²) in [6.07, 6.45) is 0. The fourth-order valence-corrected chi connectivity index (χ4v) is 2.11. The molecule has 0 fully saturated rings. The van der Waals surface area contributed by atoms with E-state index in [0.717, 1.165) is 17.7 Å². The third-order valence-corrected chi connectivity index (χ3v) is 3.18. The summed E-state index contributed by atoms with van der Waals surface area (Å²) in [6, 6.07) is 10.6. The third kappa shape index (κ3) is 4.16. The molecule has 124 valence electrons. The molecule has 1 N–H and O–H groups in total. The quantitative estimate of drug-likeness (QED) is 0.515. The molecule has 24 heavy (non-hydrogen) atoms. The highest BCUT2D eigenvalue weighted by atomic mass is 16.6. The van der Waals surface area contributed by atoms with Gasteiger partial charge in [0.15, 0.2) is 0 Å². The van der Waals surface area contributed by atoms with Crippen molar-refractivity contribution in [1.82, 2.24) is 0 Å². The lowest BCUT2D eigenvalue weighted by Crippen LogP contribution is -2.14. The van der Waals surface area contributed by atoms with Crippen LogP contribution in [-0.2, 0) is 4.74 Å². The number of benzene rings is 2. The van der Waals surface area contributed by atoms with Crippen molar-refractivity contribution in [3.05, 3.63) is 69.3 Å². The Hall–Kier alpha value is -3.22. The number of nitro groups is 1. The van der Waals surface area contributed by atoms with E-state index in [1.165, 1.54) is 6.07 Å². The smallest absolute Gasteiger partial charge is 0.338 e. The zero-order chi connectivity index (χ0) is 17.7. The first-order chi connectivity index (χ1) is 11.4. The first kappa shape index (κ1) is 17.1. The zero-order valence-electron chi connectivity index (χ0n) is 13.2. The molecule has 1 amide bonds. The molecule has 0 unspecified atom stereocenters. The van der Waals surface area contributed by atoms with Crippen LogP contribution in [-0.4, -0.2) is 23.4 Å². The van der Waals surface area contributed by atoms with E-state index in [-0.39, 0.29) is 23.4 Å². The van der Waals surface area contributed by atoms with Crippen LogP contribution in [0.5, 0.6) is 0 Å². The maximum Gasteiger partial charge on any atom is 0.338 e. The van der Waals surface area contributed by atoms with Gasteiger partial charge in [-0.05, 0) is 37.6 Å². The number of carbonyl (C=O) groups is 2. The number of rotatable bonds is 5. The van der Waals surface area contributed by atoms with Crippen LogP contribution in [0.3, 0.4) is 0 Å². The van der Waals surface area contributed by atoms with Gasteiger partial charge in [0.05, 0.1) is 17.1 Å². The van der Waals surface area contributed by atoms with Crippen molar-refractivity contribution in [3.63, 3.8) is 0 Å². The summed E-state index contributed by atoms with van der Waals surface area (Å²) in [5, 5.41) is 13.7. The number of nitro benzene ring substituents is 1. The van der Waals surface area contributed by atoms with Crippen LogP contribution in [0.4, 0.5) is 11.4 Å². The molecule has 7 nitrogen and oxygen atoms in total. The highest BCUT2D eigenvalue weighted by molar-refractivity contribution is 6.06. The molecule has 0 aliphatic carbocycles. The number of aryl methyl sites for hydroxylation is 1. The number of anilines is 1. The Morgan fingerprint density at radius 2 is 1.88 bits per heavy atom. The lowest BCUT2D eigenvalue weighted by Gasteiger charge is -2.08. The number of carbonyl (C=O) groups excluding carboxylic acids is 2. The average molecular weight is 328 g/mol. The molecule has 0 radical (unpaired) electrons. The zero-order valence-corrected chi connectivity index (χ0v) is 13.2. The van der Waals surface area contributed by atoms with E-state index in [4.69, 9.17) is 4.74 Å². The van der Waals surface area contributed by atoms with Crippen LogP contribution in [0, 0.1) is 17.0 Å². The predicted molar refractivity (Wildman–Crippen MR) is 88.2 cm³/mol. The van der Waals surface area contributed by atoms with Crippen molar-refractivity contribution in [2.24, 2.45) is 0 Å². The lowest BCUT2D eigenvalue weighted by molar-refractivity contribution is -0.384. The van der Waals surface area contributed by atoms with Gasteiger partial charge in [-0.2, -0.15) is 0 Å².